The first kappa shape index (κ1) is 74.1. The van der Waals surface area contributed by atoms with Crippen molar-refractivity contribution in [1.82, 2.24) is 0 Å². The molecule has 9 nitrogen and oxygen atoms in total. The fraction of sp³-hybridized carbons (Fsp3) is 0.674. The van der Waals surface area contributed by atoms with E-state index in [4.69, 9.17) is 37.9 Å². The lowest BCUT2D eigenvalue weighted by Crippen LogP contribution is -2.54. The Labute approximate surface area is 593 Å². The fourth-order valence-corrected chi connectivity index (χ4v) is 20.7. The summed E-state index contributed by atoms with van der Waals surface area (Å²) < 4.78 is 49.7. The largest absolute Gasteiger partial charge is 0.488 e. The van der Waals surface area contributed by atoms with Crippen molar-refractivity contribution in [2.24, 2.45) is 74.9 Å². The Morgan fingerprint density at radius 2 is 0.745 bits per heavy atom. The van der Waals surface area contributed by atoms with E-state index < -0.39 is 5.41 Å². The van der Waals surface area contributed by atoms with Gasteiger partial charge < -0.3 is 37.9 Å². The van der Waals surface area contributed by atoms with Crippen molar-refractivity contribution >= 4 is 16.7 Å². The van der Waals surface area contributed by atoms with E-state index in [-0.39, 0.29) is 52.8 Å². The van der Waals surface area contributed by atoms with Crippen LogP contribution in [0.3, 0.4) is 0 Å². The molecular weight excluding hydrogens is 1210 g/mol. The van der Waals surface area contributed by atoms with E-state index >= 15 is 0 Å². The number of carbonyl (C=O) groups is 1. The van der Waals surface area contributed by atoms with Gasteiger partial charge in [0.25, 0.3) is 0 Å². The van der Waals surface area contributed by atoms with Crippen LogP contribution in [0, 0.1) is 74.9 Å². The number of benzene rings is 5. The summed E-state index contributed by atoms with van der Waals surface area (Å²) in [6.45, 7) is 32.5. The summed E-state index contributed by atoms with van der Waals surface area (Å²) in [5.41, 5.74) is 4.18. The second kappa shape index (κ2) is 31.7. The number of rotatable bonds is 24. The first-order chi connectivity index (χ1) is 46.8. The third-order valence-electron chi connectivity index (χ3n) is 25.5. The molecular formula is C89H128O9. The molecule has 0 amide bonds. The number of esters is 1. The molecule has 17 rings (SSSR count). The van der Waals surface area contributed by atoms with E-state index in [1.165, 1.54) is 152 Å². The van der Waals surface area contributed by atoms with E-state index in [0.29, 0.717) is 23.5 Å². The zero-order chi connectivity index (χ0) is 69.7. The Morgan fingerprint density at radius 1 is 0.429 bits per heavy atom. The minimum absolute atomic E-state index is 0.0691. The normalized spacial score (nSPS) is 30.2. The minimum Gasteiger partial charge on any atom is -0.488 e. The summed E-state index contributed by atoms with van der Waals surface area (Å²) >= 11 is 0. The van der Waals surface area contributed by atoms with Gasteiger partial charge >= 0.3 is 5.97 Å². The maximum atomic E-state index is 12.4. The van der Waals surface area contributed by atoms with Crippen molar-refractivity contribution < 1.29 is 42.7 Å². The van der Waals surface area contributed by atoms with Gasteiger partial charge in [0.15, 0.2) is 0 Å². The second-order valence-electron chi connectivity index (χ2n) is 35.1. The van der Waals surface area contributed by atoms with Crippen molar-refractivity contribution in [2.75, 3.05) is 13.7 Å². The van der Waals surface area contributed by atoms with Crippen LogP contribution in [0.4, 0.5) is 0 Å². The van der Waals surface area contributed by atoms with Gasteiger partial charge in [0.05, 0.1) is 11.5 Å². The van der Waals surface area contributed by atoms with E-state index in [9.17, 15) is 4.79 Å². The number of carbonyl (C=O) groups excluding carboxylic acids is 1. The van der Waals surface area contributed by atoms with Gasteiger partial charge in [-0.3, -0.25) is 4.79 Å². The average molecular weight is 1340 g/mol. The quantitative estimate of drug-likeness (QED) is 0.0340. The lowest BCUT2D eigenvalue weighted by atomic mass is 9.49. The van der Waals surface area contributed by atoms with Crippen molar-refractivity contribution in [3.05, 3.63) is 126 Å². The SMILES string of the molecule is CCC(C)(C)C(=O)Oc1cccc2c(OC(C)(C)C)cccc12.CCC(C)c1ccc(OC(OC(C)C)C23CC4CC(CC(C4)C2)C3)cc1.CCC(C)c1ccc(OC(OC)C23CC4CC(CC(C4)C2)C3)cc1.CCOC(Oc1ccc(C(C)CC)cc1)C12CC3CC(CC(C3)C1)C2. The molecule has 6 atom stereocenters. The highest BCUT2D eigenvalue weighted by Gasteiger charge is 2.59. The van der Waals surface area contributed by atoms with E-state index in [1.807, 2.05) is 85.1 Å². The third kappa shape index (κ3) is 17.5. The second-order valence-corrected chi connectivity index (χ2v) is 35.1. The van der Waals surface area contributed by atoms with Crippen molar-refractivity contribution in [3.8, 4) is 28.7 Å². The van der Waals surface area contributed by atoms with Gasteiger partial charge in [-0.2, -0.15) is 0 Å². The van der Waals surface area contributed by atoms with E-state index in [2.05, 4.69) is 135 Å². The van der Waals surface area contributed by atoms with E-state index in [0.717, 1.165) is 100 Å². The number of hydrogen-bond donors (Lipinski definition) is 0. The molecule has 0 N–H and O–H groups in total. The molecule has 12 aliphatic carbocycles. The molecule has 0 saturated heterocycles. The van der Waals surface area contributed by atoms with Crippen LogP contribution >= 0.6 is 0 Å². The van der Waals surface area contributed by atoms with Gasteiger partial charge in [0.2, 0.25) is 18.9 Å². The summed E-state index contributed by atoms with van der Waals surface area (Å²) in [4.78, 5) is 12.4. The average Bonchev–Trinajstić information content (AvgIpc) is 0.755. The molecule has 12 bridgehead atoms. The number of fused-ring (bicyclic) bond motifs is 1. The van der Waals surface area contributed by atoms with Crippen LogP contribution in [0.15, 0.2) is 109 Å². The summed E-state index contributed by atoms with van der Waals surface area (Å²) in [5, 5.41) is 1.83. The van der Waals surface area contributed by atoms with Gasteiger partial charge in [-0.05, 0) is 333 Å². The number of methoxy groups -OCH3 is 1. The van der Waals surface area contributed by atoms with Gasteiger partial charge in [0.1, 0.15) is 34.3 Å². The highest BCUT2D eigenvalue weighted by Crippen LogP contribution is 2.65. The van der Waals surface area contributed by atoms with Crippen molar-refractivity contribution in [2.45, 2.75) is 293 Å². The maximum absolute atomic E-state index is 12.4. The molecule has 12 aliphatic rings. The zero-order valence-corrected chi connectivity index (χ0v) is 63.6. The molecule has 12 saturated carbocycles. The van der Waals surface area contributed by atoms with Crippen molar-refractivity contribution in [1.29, 1.82) is 0 Å². The summed E-state index contributed by atoms with van der Waals surface area (Å²) in [5.74, 6) is 14.2. The molecule has 9 heteroatoms. The first-order valence-electron chi connectivity index (χ1n) is 39.4. The first-order valence-corrected chi connectivity index (χ1v) is 39.4. The van der Waals surface area contributed by atoms with Crippen LogP contribution in [0.2, 0.25) is 0 Å². The van der Waals surface area contributed by atoms with Gasteiger partial charge in [-0.1, -0.05) is 109 Å². The van der Waals surface area contributed by atoms with Crippen LogP contribution in [0.25, 0.3) is 10.8 Å². The molecule has 0 heterocycles. The van der Waals surface area contributed by atoms with Crippen LogP contribution in [0.1, 0.15) is 280 Å². The number of hydrogen-bond acceptors (Lipinski definition) is 9. The highest BCUT2D eigenvalue weighted by atomic mass is 16.7. The minimum atomic E-state index is -0.498. The lowest BCUT2D eigenvalue weighted by molar-refractivity contribution is -0.227. The number of ether oxygens (including phenoxy) is 8. The molecule has 12 fully saturated rings. The molecule has 0 radical (unpaired) electrons. The third-order valence-corrected chi connectivity index (χ3v) is 25.5. The fourth-order valence-electron chi connectivity index (χ4n) is 20.7. The Bertz CT molecular complexity index is 3230. The Morgan fingerprint density at radius 3 is 1.06 bits per heavy atom. The Balaban J connectivity index is 0.000000132. The van der Waals surface area contributed by atoms with Gasteiger partial charge in [0, 0.05) is 40.7 Å². The predicted octanol–water partition coefficient (Wildman–Crippen LogP) is 23.8. The van der Waals surface area contributed by atoms with Gasteiger partial charge in [-0.15, -0.1) is 0 Å². The standard InChI is InChI=1S/C24H36O2.C23H34O2.C22H32O2.C20H26O3/c1-5-17(4)21-6-8-22(9-7-21)26-23(25-16(2)3)24-13-18-10-19(14-24)12-20(11-18)15-24;1-4-16(3)20-6-8-21(9-7-20)25-22(24-5-2)23-13-17-10-18(14-23)12-19(11-17)15-23;1-4-15(2)19-5-7-20(8-6-19)24-21(23-3)22-12-16-9-17(13-22)11-18(10-16)14-22;1-7-20(5,6)18(21)22-16-12-8-11-15-14(16)10-9-13-17(15)23-19(2,3)4/h6-9,16-20,23H,5,10-15H2,1-4H3;6-9,16-19,22H,4-5,10-15H2,1-3H3;5-8,15-18,21H,4,9-14H2,1-3H3;8-13H,7H2,1-6H3. The molecule has 0 spiro atoms. The summed E-state index contributed by atoms with van der Waals surface area (Å²) in [6, 6.07) is 37.7. The monoisotopic (exact) mass is 1340 g/mol. The maximum Gasteiger partial charge on any atom is 0.316 e. The molecule has 6 unspecified atom stereocenters. The topological polar surface area (TPSA) is 90.9 Å². The van der Waals surface area contributed by atoms with Crippen molar-refractivity contribution in [3.63, 3.8) is 0 Å². The van der Waals surface area contributed by atoms with E-state index in [1.54, 1.807) is 0 Å². The van der Waals surface area contributed by atoms with Crippen LogP contribution in [-0.2, 0) is 19.0 Å². The highest BCUT2D eigenvalue weighted by molar-refractivity contribution is 5.95. The summed E-state index contributed by atoms with van der Waals surface area (Å²) in [7, 11) is 1.83. The molecule has 0 aromatic heterocycles. The smallest absolute Gasteiger partial charge is 0.316 e. The van der Waals surface area contributed by atoms with Crippen LogP contribution in [-0.4, -0.2) is 50.3 Å². The van der Waals surface area contributed by atoms with Crippen LogP contribution < -0.4 is 23.7 Å². The Hall–Kier alpha value is -5.09. The molecule has 538 valence electrons. The molecule has 5 aromatic carbocycles. The van der Waals surface area contributed by atoms with Gasteiger partial charge in [-0.25, -0.2) is 0 Å². The zero-order valence-electron chi connectivity index (χ0n) is 63.6. The predicted molar refractivity (Wildman–Crippen MR) is 399 cm³/mol. The Kier molecular flexibility index (Phi) is 23.9. The van der Waals surface area contributed by atoms with Crippen LogP contribution in [0.5, 0.6) is 28.7 Å². The molecule has 5 aromatic rings. The summed E-state index contributed by atoms with van der Waals surface area (Å²) in [6.07, 6.45) is 29.1. The molecule has 98 heavy (non-hydrogen) atoms. The molecule has 0 aliphatic heterocycles. The lowest BCUT2D eigenvalue weighted by Gasteiger charge is -2.58.